The number of carbonyl (C=O) groups excluding carboxylic acids is 1. The predicted octanol–water partition coefficient (Wildman–Crippen LogP) is 2.00. The Morgan fingerprint density at radius 1 is 1.22 bits per heavy atom. The number of nitrogens with zero attached hydrogens (tertiary/aromatic N) is 1. The lowest BCUT2D eigenvalue weighted by Gasteiger charge is -2.32. The van der Waals surface area contributed by atoms with E-state index in [1.54, 1.807) is 11.0 Å². The molecule has 1 aromatic carbocycles. The van der Waals surface area contributed by atoms with E-state index >= 15 is 0 Å². The number of amides is 1. The molecule has 1 fully saturated rings. The van der Waals surface area contributed by atoms with Crippen LogP contribution in [0.1, 0.15) is 16.9 Å². The number of benzene rings is 1. The molecule has 6 nitrogen and oxygen atoms in total. The number of hydrogen-bond donors (Lipinski definition) is 2. The largest absolute Gasteiger partial charge is 0.481 e. The van der Waals surface area contributed by atoms with Crippen molar-refractivity contribution in [2.24, 2.45) is 0 Å². The fraction of sp³-hybridized carbons (Fsp3) is 0.294. The standard InChI is InChI=1S/C17H18N2O4/c20-16(21)10-13-11-19(8-9-23-13)17(22)15-7-6-14(18-15)12-4-2-1-3-5-12/h1-7,13,18H,8-11H2,(H,20,21)/t13-/m0/s1. The third-order valence-corrected chi connectivity index (χ3v) is 3.83. The number of aliphatic carboxylic acids is 1. The van der Waals surface area contributed by atoms with Gasteiger partial charge in [-0.25, -0.2) is 0 Å². The molecule has 0 saturated carbocycles. The molecule has 23 heavy (non-hydrogen) atoms. The summed E-state index contributed by atoms with van der Waals surface area (Å²) >= 11 is 0. The Kier molecular flexibility index (Phi) is 4.43. The van der Waals surface area contributed by atoms with Crippen LogP contribution in [0.15, 0.2) is 42.5 Å². The van der Waals surface area contributed by atoms with Gasteiger partial charge >= 0.3 is 5.97 Å². The highest BCUT2D eigenvalue weighted by molar-refractivity contribution is 5.93. The second-order valence-electron chi connectivity index (χ2n) is 5.49. The summed E-state index contributed by atoms with van der Waals surface area (Å²) in [6, 6.07) is 13.4. The first-order valence-electron chi connectivity index (χ1n) is 7.50. The lowest BCUT2D eigenvalue weighted by molar-refractivity contribution is -0.141. The molecule has 0 spiro atoms. The molecule has 0 unspecified atom stereocenters. The Hall–Kier alpha value is -2.60. The maximum atomic E-state index is 12.6. The van der Waals surface area contributed by atoms with Crippen LogP contribution in [0.25, 0.3) is 11.3 Å². The van der Waals surface area contributed by atoms with Crippen LogP contribution in [0.2, 0.25) is 0 Å². The molecular weight excluding hydrogens is 296 g/mol. The van der Waals surface area contributed by atoms with E-state index in [4.69, 9.17) is 9.84 Å². The van der Waals surface area contributed by atoms with Crippen molar-refractivity contribution in [3.8, 4) is 11.3 Å². The molecule has 2 N–H and O–H groups in total. The zero-order valence-electron chi connectivity index (χ0n) is 12.6. The van der Waals surface area contributed by atoms with Gasteiger partial charge in [-0.2, -0.15) is 0 Å². The molecule has 0 bridgehead atoms. The maximum Gasteiger partial charge on any atom is 0.306 e. The number of aromatic amines is 1. The number of rotatable bonds is 4. The third kappa shape index (κ3) is 3.60. The average molecular weight is 314 g/mol. The van der Waals surface area contributed by atoms with E-state index in [0.29, 0.717) is 25.4 Å². The van der Waals surface area contributed by atoms with Gasteiger partial charge in [0.1, 0.15) is 5.69 Å². The van der Waals surface area contributed by atoms with Gasteiger partial charge in [0.25, 0.3) is 5.91 Å². The summed E-state index contributed by atoms with van der Waals surface area (Å²) in [6.45, 7) is 1.12. The van der Waals surface area contributed by atoms with Crippen LogP contribution in [0.5, 0.6) is 0 Å². The van der Waals surface area contributed by atoms with E-state index in [2.05, 4.69) is 4.98 Å². The van der Waals surface area contributed by atoms with Crippen molar-refractivity contribution < 1.29 is 19.4 Å². The molecular formula is C17H18N2O4. The second kappa shape index (κ2) is 6.66. The van der Waals surface area contributed by atoms with Crippen molar-refractivity contribution in [3.05, 3.63) is 48.2 Å². The van der Waals surface area contributed by atoms with Gasteiger partial charge in [0, 0.05) is 18.8 Å². The number of morpholine rings is 1. The lowest BCUT2D eigenvalue weighted by atomic mass is 10.2. The molecule has 0 aliphatic carbocycles. The quantitative estimate of drug-likeness (QED) is 0.904. The number of aromatic nitrogens is 1. The molecule has 1 aromatic heterocycles. The van der Waals surface area contributed by atoms with Crippen molar-refractivity contribution in [1.82, 2.24) is 9.88 Å². The summed E-state index contributed by atoms with van der Waals surface area (Å²) in [6.07, 6.45) is -0.544. The van der Waals surface area contributed by atoms with Gasteiger partial charge in [0.05, 0.1) is 19.1 Å². The normalized spacial score (nSPS) is 17.9. The minimum atomic E-state index is -0.921. The SMILES string of the molecule is O=C(O)C[C@H]1CN(C(=O)c2ccc(-c3ccccc3)[nH]2)CCO1. The summed E-state index contributed by atoms with van der Waals surface area (Å²) in [5.41, 5.74) is 2.39. The van der Waals surface area contributed by atoms with Gasteiger partial charge in [-0.15, -0.1) is 0 Å². The van der Waals surface area contributed by atoms with Crippen molar-refractivity contribution in [2.45, 2.75) is 12.5 Å². The Morgan fingerprint density at radius 2 is 2.00 bits per heavy atom. The van der Waals surface area contributed by atoms with E-state index < -0.39 is 12.1 Å². The van der Waals surface area contributed by atoms with Gasteiger partial charge in [0.2, 0.25) is 0 Å². The summed E-state index contributed by atoms with van der Waals surface area (Å²) < 4.78 is 5.39. The summed E-state index contributed by atoms with van der Waals surface area (Å²) in [7, 11) is 0. The number of carboxylic acid groups (broad SMARTS) is 1. The smallest absolute Gasteiger partial charge is 0.306 e. The van der Waals surface area contributed by atoms with E-state index in [0.717, 1.165) is 11.3 Å². The molecule has 6 heteroatoms. The number of H-pyrrole nitrogens is 1. The van der Waals surface area contributed by atoms with Crippen molar-refractivity contribution in [2.75, 3.05) is 19.7 Å². The average Bonchev–Trinajstić information content (AvgIpc) is 3.04. The van der Waals surface area contributed by atoms with Crippen LogP contribution in [0.3, 0.4) is 0 Å². The van der Waals surface area contributed by atoms with Crippen LogP contribution >= 0.6 is 0 Å². The lowest BCUT2D eigenvalue weighted by Crippen LogP contribution is -2.46. The van der Waals surface area contributed by atoms with Gasteiger partial charge < -0.3 is 19.7 Å². The number of carbonyl (C=O) groups is 2. The number of nitrogens with one attached hydrogen (secondary N) is 1. The fourth-order valence-corrected chi connectivity index (χ4v) is 2.70. The van der Waals surface area contributed by atoms with Crippen molar-refractivity contribution in [3.63, 3.8) is 0 Å². The third-order valence-electron chi connectivity index (χ3n) is 3.83. The summed E-state index contributed by atoms with van der Waals surface area (Å²) in [5, 5.41) is 8.85. The Balaban J connectivity index is 1.71. The molecule has 2 aromatic rings. The van der Waals surface area contributed by atoms with Gasteiger partial charge in [-0.3, -0.25) is 9.59 Å². The van der Waals surface area contributed by atoms with Crippen LogP contribution in [0, 0.1) is 0 Å². The first-order valence-corrected chi connectivity index (χ1v) is 7.50. The van der Waals surface area contributed by atoms with Crippen LogP contribution < -0.4 is 0 Å². The fourth-order valence-electron chi connectivity index (χ4n) is 2.70. The first-order chi connectivity index (χ1) is 11.1. The van der Waals surface area contributed by atoms with Crippen LogP contribution in [0.4, 0.5) is 0 Å². The van der Waals surface area contributed by atoms with E-state index in [1.165, 1.54) is 0 Å². The summed E-state index contributed by atoms with van der Waals surface area (Å²) in [4.78, 5) is 28.1. The maximum absolute atomic E-state index is 12.6. The van der Waals surface area contributed by atoms with Crippen LogP contribution in [-0.2, 0) is 9.53 Å². The molecule has 1 saturated heterocycles. The topological polar surface area (TPSA) is 82.6 Å². The van der Waals surface area contributed by atoms with Gasteiger partial charge in [0.15, 0.2) is 0 Å². The highest BCUT2D eigenvalue weighted by atomic mass is 16.5. The number of hydrogen-bond acceptors (Lipinski definition) is 3. The van der Waals surface area contributed by atoms with E-state index in [-0.39, 0.29) is 12.3 Å². The van der Waals surface area contributed by atoms with Gasteiger partial charge in [-0.05, 0) is 17.7 Å². The highest BCUT2D eigenvalue weighted by Gasteiger charge is 2.27. The summed E-state index contributed by atoms with van der Waals surface area (Å²) in [5.74, 6) is -1.05. The molecule has 120 valence electrons. The Bertz CT molecular complexity index is 696. The molecule has 2 heterocycles. The van der Waals surface area contributed by atoms with Crippen molar-refractivity contribution in [1.29, 1.82) is 0 Å². The van der Waals surface area contributed by atoms with E-state index in [9.17, 15) is 9.59 Å². The van der Waals surface area contributed by atoms with E-state index in [1.807, 2.05) is 36.4 Å². The second-order valence-corrected chi connectivity index (χ2v) is 5.49. The zero-order valence-corrected chi connectivity index (χ0v) is 12.6. The predicted molar refractivity (Wildman–Crippen MR) is 84.1 cm³/mol. The number of carboxylic acids is 1. The highest BCUT2D eigenvalue weighted by Crippen LogP contribution is 2.19. The zero-order chi connectivity index (χ0) is 16.2. The minimum Gasteiger partial charge on any atom is -0.481 e. The van der Waals surface area contributed by atoms with Gasteiger partial charge in [-0.1, -0.05) is 30.3 Å². The number of ether oxygens (including phenoxy) is 1. The molecule has 3 rings (SSSR count). The molecule has 1 amide bonds. The molecule has 0 radical (unpaired) electrons. The monoisotopic (exact) mass is 314 g/mol. The molecule has 1 atom stereocenters. The Labute approximate surface area is 133 Å². The molecule has 1 aliphatic rings. The Morgan fingerprint density at radius 3 is 2.74 bits per heavy atom. The van der Waals surface area contributed by atoms with Crippen LogP contribution in [-0.4, -0.2) is 52.7 Å². The van der Waals surface area contributed by atoms with Crippen molar-refractivity contribution >= 4 is 11.9 Å². The molecule has 1 aliphatic heterocycles. The first kappa shape index (κ1) is 15.3. The minimum absolute atomic E-state index is 0.0935.